The van der Waals surface area contributed by atoms with Crippen LogP contribution < -0.4 is 10.0 Å². The average molecular weight is 300 g/mol. The van der Waals surface area contributed by atoms with Gasteiger partial charge in [0.25, 0.3) is 10.2 Å². The van der Waals surface area contributed by atoms with Crippen molar-refractivity contribution in [3.8, 4) is 0 Å². The average Bonchev–Trinajstić information content (AvgIpc) is 2.42. The van der Waals surface area contributed by atoms with Gasteiger partial charge in [-0.2, -0.15) is 17.4 Å². The van der Waals surface area contributed by atoms with Crippen molar-refractivity contribution in [2.45, 2.75) is 26.8 Å². The van der Waals surface area contributed by atoms with Crippen LogP contribution in [0.3, 0.4) is 0 Å². The number of hydrogen-bond donors (Lipinski definition) is 2. The van der Waals surface area contributed by atoms with E-state index in [1.807, 2.05) is 19.9 Å². The first-order chi connectivity index (χ1) is 9.47. The molecule has 1 rings (SSSR count). The van der Waals surface area contributed by atoms with Crippen molar-refractivity contribution in [2.24, 2.45) is 0 Å². The summed E-state index contributed by atoms with van der Waals surface area (Å²) in [6.07, 6.45) is 4.18. The van der Waals surface area contributed by atoms with Gasteiger partial charge in [-0.1, -0.05) is 6.92 Å². The van der Waals surface area contributed by atoms with E-state index in [1.54, 1.807) is 19.4 Å². The molecule has 1 aromatic heterocycles. The zero-order valence-corrected chi connectivity index (χ0v) is 13.2. The molecule has 0 saturated heterocycles. The van der Waals surface area contributed by atoms with Crippen LogP contribution in [0, 0.1) is 6.92 Å². The predicted octanol–water partition coefficient (Wildman–Crippen LogP) is 0.656. The molecule has 7 heteroatoms. The van der Waals surface area contributed by atoms with E-state index in [4.69, 9.17) is 0 Å². The van der Waals surface area contributed by atoms with Crippen LogP contribution in [0.2, 0.25) is 0 Å². The summed E-state index contributed by atoms with van der Waals surface area (Å²) in [6, 6.07) is 1.82. The Morgan fingerprint density at radius 1 is 1.40 bits per heavy atom. The lowest BCUT2D eigenvalue weighted by atomic mass is 10.2. The molecule has 1 aromatic rings. The van der Waals surface area contributed by atoms with Gasteiger partial charge < -0.3 is 5.32 Å². The minimum absolute atomic E-state index is 0.286. The lowest BCUT2D eigenvalue weighted by molar-refractivity contribution is 0.445. The third-order valence-electron chi connectivity index (χ3n) is 3.07. The predicted molar refractivity (Wildman–Crippen MR) is 80.5 cm³/mol. The molecule has 0 fully saturated rings. The van der Waals surface area contributed by atoms with Crippen LogP contribution in [0.4, 0.5) is 0 Å². The molecule has 0 radical (unpaired) electrons. The first-order valence-corrected chi connectivity index (χ1v) is 8.22. The number of hydrogen-bond acceptors (Lipinski definition) is 4. The summed E-state index contributed by atoms with van der Waals surface area (Å²) in [4.78, 5) is 3.99. The molecule has 0 aliphatic carbocycles. The molecule has 0 aromatic carbocycles. The van der Waals surface area contributed by atoms with Gasteiger partial charge in [-0.25, -0.2) is 0 Å². The molecule has 114 valence electrons. The van der Waals surface area contributed by atoms with Gasteiger partial charge in [0, 0.05) is 32.5 Å². The SMILES string of the molecule is CCNCCCN(C)S(=O)(=O)NCc1ccncc1C. The smallest absolute Gasteiger partial charge is 0.279 e. The zero-order valence-electron chi connectivity index (χ0n) is 12.4. The fourth-order valence-electron chi connectivity index (χ4n) is 1.70. The highest BCUT2D eigenvalue weighted by molar-refractivity contribution is 7.87. The summed E-state index contributed by atoms with van der Waals surface area (Å²) in [7, 11) is -1.84. The van der Waals surface area contributed by atoms with E-state index in [9.17, 15) is 8.42 Å². The Balaban J connectivity index is 2.46. The molecule has 1 heterocycles. The largest absolute Gasteiger partial charge is 0.317 e. The van der Waals surface area contributed by atoms with Crippen molar-refractivity contribution in [3.05, 3.63) is 29.6 Å². The Bertz CT molecular complexity index is 505. The van der Waals surface area contributed by atoms with E-state index in [0.29, 0.717) is 6.54 Å². The summed E-state index contributed by atoms with van der Waals surface area (Å²) in [5.74, 6) is 0. The quantitative estimate of drug-likeness (QED) is 0.657. The van der Waals surface area contributed by atoms with Gasteiger partial charge in [-0.15, -0.1) is 0 Å². The van der Waals surface area contributed by atoms with Gasteiger partial charge >= 0.3 is 0 Å². The fraction of sp³-hybridized carbons (Fsp3) is 0.615. The lowest BCUT2D eigenvalue weighted by Gasteiger charge is -2.18. The molecular formula is C13H24N4O2S. The number of nitrogens with zero attached hydrogens (tertiary/aromatic N) is 2. The molecule has 6 nitrogen and oxygen atoms in total. The third-order valence-corrected chi connectivity index (χ3v) is 4.58. The van der Waals surface area contributed by atoms with Gasteiger partial charge in [0.15, 0.2) is 0 Å². The molecule has 0 amide bonds. The third kappa shape index (κ3) is 5.54. The summed E-state index contributed by atoms with van der Waals surface area (Å²) in [5.41, 5.74) is 1.91. The van der Waals surface area contributed by atoms with Crippen molar-refractivity contribution in [2.75, 3.05) is 26.7 Å². The second kappa shape index (κ2) is 8.31. The first-order valence-electron chi connectivity index (χ1n) is 6.78. The minimum atomic E-state index is -3.43. The monoisotopic (exact) mass is 300 g/mol. The van der Waals surface area contributed by atoms with E-state index in [0.717, 1.165) is 30.6 Å². The van der Waals surface area contributed by atoms with Gasteiger partial charge in [-0.05, 0) is 43.6 Å². The van der Waals surface area contributed by atoms with Gasteiger partial charge in [0.2, 0.25) is 0 Å². The number of aryl methyl sites for hydroxylation is 1. The molecule has 2 N–H and O–H groups in total. The maximum Gasteiger partial charge on any atom is 0.279 e. The van der Waals surface area contributed by atoms with Crippen molar-refractivity contribution >= 4 is 10.2 Å². The molecular weight excluding hydrogens is 276 g/mol. The number of aromatic nitrogens is 1. The molecule has 0 unspecified atom stereocenters. The van der Waals surface area contributed by atoms with Crippen molar-refractivity contribution in [1.29, 1.82) is 0 Å². The normalized spacial score (nSPS) is 12.0. The highest BCUT2D eigenvalue weighted by Gasteiger charge is 2.16. The maximum atomic E-state index is 12.1. The van der Waals surface area contributed by atoms with Crippen LogP contribution in [-0.2, 0) is 16.8 Å². The second-order valence-corrected chi connectivity index (χ2v) is 6.52. The standard InChI is InChI=1S/C13H24N4O2S/c1-4-14-7-5-9-17(3)20(18,19)16-11-13-6-8-15-10-12(13)2/h6,8,10,14,16H,4-5,7,9,11H2,1-3H3. The first kappa shape index (κ1) is 17.0. The van der Waals surface area contributed by atoms with E-state index >= 15 is 0 Å². The van der Waals surface area contributed by atoms with Gasteiger partial charge in [0.1, 0.15) is 0 Å². The second-order valence-electron chi connectivity index (χ2n) is 4.66. The summed E-state index contributed by atoms with van der Waals surface area (Å²) in [5, 5.41) is 3.17. The Labute approximate surface area is 121 Å². The summed E-state index contributed by atoms with van der Waals surface area (Å²) < 4.78 is 28.1. The van der Waals surface area contributed by atoms with Gasteiger partial charge in [-0.3, -0.25) is 4.98 Å². The van der Waals surface area contributed by atoms with Crippen LogP contribution >= 0.6 is 0 Å². The molecule has 0 aliphatic heterocycles. The van der Waals surface area contributed by atoms with E-state index in [2.05, 4.69) is 15.0 Å². The van der Waals surface area contributed by atoms with Crippen molar-refractivity contribution in [3.63, 3.8) is 0 Å². The highest BCUT2D eigenvalue weighted by atomic mass is 32.2. The Kier molecular flexibility index (Phi) is 7.08. The topological polar surface area (TPSA) is 74.3 Å². The molecule has 0 spiro atoms. The molecule has 0 bridgehead atoms. The Morgan fingerprint density at radius 2 is 2.15 bits per heavy atom. The van der Waals surface area contributed by atoms with Crippen molar-refractivity contribution in [1.82, 2.24) is 19.3 Å². The summed E-state index contributed by atoms with van der Waals surface area (Å²) in [6.45, 7) is 6.44. The number of pyridine rings is 1. The Hall–Kier alpha value is -1.02. The number of nitrogens with one attached hydrogen (secondary N) is 2. The maximum absolute atomic E-state index is 12.1. The minimum Gasteiger partial charge on any atom is -0.317 e. The molecule has 0 atom stereocenters. The van der Waals surface area contributed by atoms with Gasteiger partial charge in [0.05, 0.1) is 0 Å². The van der Waals surface area contributed by atoms with E-state index in [-0.39, 0.29) is 6.54 Å². The van der Waals surface area contributed by atoms with Crippen LogP contribution in [0.1, 0.15) is 24.5 Å². The van der Waals surface area contributed by atoms with Crippen LogP contribution in [0.15, 0.2) is 18.5 Å². The fourth-order valence-corrected chi connectivity index (χ4v) is 2.63. The van der Waals surface area contributed by atoms with Crippen LogP contribution in [0.25, 0.3) is 0 Å². The van der Waals surface area contributed by atoms with Crippen LogP contribution in [-0.4, -0.2) is 44.4 Å². The highest BCUT2D eigenvalue weighted by Crippen LogP contribution is 2.06. The molecule has 0 saturated carbocycles. The van der Waals surface area contributed by atoms with Crippen molar-refractivity contribution < 1.29 is 8.42 Å². The molecule has 0 aliphatic rings. The summed E-state index contributed by atoms with van der Waals surface area (Å²) >= 11 is 0. The lowest BCUT2D eigenvalue weighted by Crippen LogP contribution is -2.39. The molecule has 20 heavy (non-hydrogen) atoms. The van der Waals surface area contributed by atoms with Crippen LogP contribution in [0.5, 0.6) is 0 Å². The van der Waals surface area contributed by atoms with E-state index < -0.39 is 10.2 Å². The zero-order chi connectivity index (χ0) is 15.0. The number of rotatable bonds is 9. The Morgan fingerprint density at radius 3 is 2.80 bits per heavy atom. The van der Waals surface area contributed by atoms with E-state index in [1.165, 1.54) is 4.31 Å².